The maximum Gasteiger partial charge on any atom is 0.205 e. The van der Waals surface area contributed by atoms with Gasteiger partial charge in [-0.25, -0.2) is 9.97 Å². The predicted octanol–water partition coefficient (Wildman–Crippen LogP) is 1.89. The van der Waals surface area contributed by atoms with E-state index in [1.807, 2.05) is 0 Å². The van der Waals surface area contributed by atoms with Crippen LogP contribution in [0.5, 0.6) is 0 Å². The van der Waals surface area contributed by atoms with Crippen LogP contribution in [-0.4, -0.2) is 38.8 Å². The van der Waals surface area contributed by atoms with Crippen LogP contribution in [0.15, 0.2) is 5.16 Å². The van der Waals surface area contributed by atoms with Crippen LogP contribution in [0.4, 0.5) is 11.8 Å². The number of nitrogens with one attached hydrogen (secondary N) is 1. The van der Waals surface area contributed by atoms with Gasteiger partial charge in [0.25, 0.3) is 0 Å². The molecule has 0 aromatic carbocycles. The Hall–Kier alpha value is -1.50. The summed E-state index contributed by atoms with van der Waals surface area (Å²) >= 11 is 1.56. The third-order valence-corrected chi connectivity index (χ3v) is 3.41. The molecule has 0 saturated heterocycles. The van der Waals surface area contributed by atoms with E-state index in [-0.39, 0.29) is 0 Å². The van der Waals surface area contributed by atoms with Gasteiger partial charge in [-0.3, -0.25) is 0 Å². The first-order chi connectivity index (χ1) is 8.69. The fourth-order valence-electron chi connectivity index (χ4n) is 1.75. The topological polar surface area (TPSA) is 83.7 Å². The van der Waals surface area contributed by atoms with E-state index in [9.17, 15) is 0 Å². The average Bonchev–Trinajstić information content (AvgIpc) is 2.75. The molecule has 0 aliphatic heterocycles. The highest BCUT2D eigenvalue weighted by Gasteiger charge is 2.13. The Morgan fingerprint density at radius 2 is 1.89 bits per heavy atom. The van der Waals surface area contributed by atoms with Crippen molar-refractivity contribution in [3.05, 3.63) is 0 Å². The molecule has 0 spiro atoms. The van der Waals surface area contributed by atoms with Crippen LogP contribution in [0.1, 0.15) is 20.8 Å². The summed E-state index contributed by atoms with van der Waals surface area (Å²) in [5, 5.41) is 0.681. The number of imidazole rings is 1. The maximum atomic E-state index is 5.93. The first kappa shape index (κ1) is 12.9. The Morgan fingerprint density at radius 1 is 1.17 bits per heavy atom. The van der Waals surface area contributed by atoms with Gasteiger partial charge in [0.2, 0.25) is 5.95 Å². The number of fused-ring (bicyclic) bond motifs is 1. The lowest BCUT2D eigenvalue weighted by atomic mass is 10.5. The van der Waals surface area contributed by atoms with Crippen molar-refractivity contribution in [2.45, 2.75) is 25.9 Å². The average molecular weight is 266 g/mol. The highest BCUT2D eigenvalue weighted by Crippen LogP contribution is 2.23. The Morgan fingerprint density at radius 3 is 2.50 bits per heavy atom. The Labute approximate surface area is 110 Å². The van der Waals surface area contributed by atoms with E-state index in [1.54, 1.807) is 11.8 Å². The lowest BCUT2D eigenvalue weighted by molar-refractivity contribution is 0.834. The number of nitrogens with zero attached hydrogens (tertiary/aromatic N) is 4. The molecule has 2 rings (SSSR count). The predicted molar refractivity (Wildman–Crippen MR) is 76.1 cm³/mol. The molecule has 0 radical (unpaired) electrons. The van der Waals surface area contributed by atoms with Gasteiger partial charge in [-0.15, -0.1) is 0 Å². The van der Waals surface area contributed by atoms with Crippen molar-refractivity contribution >= 4 is 34.7 Å². The van der Waals surface area contributed by atoms with Crippen LogP contribution in [0.2, 0.25) is 0 Å². The third-order valence-electron chi connectivity index (χ3n) is 2.68. The van der Waals surface area contributed by atoms with Gasteiger partial charge in [0.05, 0.1) is 0 Å². The molecular formula is C11H18N6S. The molecule has 0 bridgehead atoms. The molecule has 0 aliphatic carbocycles. The van der Waals surface area contributed by atoms with Gasteiger partial charge in [-0.1, -0.05) is 18.7 Å². The third kappa shape index (κ3) is 2.35. The number of H-pyrrole nitrogens is 1. The van der Waals surface area contributed by atoms with Gasteiger partial charge in [0, 0.05) is 13.1 Å². The number of hydrogen-bond acceptors (Lipinski definition) is 6. The molecule has 0 unspecified atom stereocenters. The van der Waals surface area contributed by atoms with Gasteiger partial charge in [0.15, 0.2) is 16.6 Å². The van der Waals surface area contributed by atoms with Crippen molar-refractivity contribution in [1.82, 2.24) is 19.9 Å². The van der Waals surface area contributed by atoms with Crippen molar-refractivity contribution < 1.29 is 0 Å². The number of thioether (sulfide) groups is 1. The molecule has 0 aliphatic rings. The smallest absolute Gasteiger partial charge is 0.205 e. The normalized spacial score (nSPS) is 11.1. The fourth-order valence-corrected chi connectivity index (χ4v) is 2.32. The number of nitrogen functional groups attached to an aromatic ring is 1. The second-order valence-electron chi connectivity index (χ2n) is 3.76. The second-order valence-corrected chi connectivity index (χ2v) is 4.99. The van der Waals surface area contributed by atoms with E-state index in [0.29, 0.717) is 16.6 Å². The van der Waals surface area contributed by atoms with Gasteiger partial charge in [0.1, 0.15) is 5.52 Å². The van der Waals surface area contributed by atoms with Crippen molar-refractivity contribution in [3.8, 4) is 0 Å². The zero-order valence-electron chi connectivity index (χ0n) is 10.9. The summed E-state index contributed by atoms with van der Waals surface area (Å²) in [6.45, 7) is 8.01. The first-order valence-electron chi connectivity index (χ1n) is 6.10. The van der Waals surface area contributed by atoms with Crippen LogP contribution in [0.3, 0.4) is 0 Å². The molecule has 0 fully saturated rings. The minimum Gasteiger partial charge on any atom is -0.382 e. The van der Waals surface area contributed by atoms with Crippen molar-refractivity contribution in [3.63, 3.8) is 0 Å². The molecule has 18 heavy (non-hydrogen) atoms. The number of rotatable bonds is 5. The van der Waals surface area contributed by atoms with Crippen LogP contribution in [-0.2, 0) is 0 Å². The van der Waals surface area contributed by atoms with Crippen LogP contribution >= 0.6 is 11.8 Å². The number of aromatic nitrogens is 4. The van der Waals surface area contributed by atoms with Gasteiger partial charge in [-0.05, 0) is 19.6 Å². The van der Waals surface area contributed by atoms with Crippen LogP contribution in [0.25, 0.3) is 11.2 Å². The van der Waals surface area contributed by atoms with Gasteiger partial charge >= 0.3 is 0 Å². The number of anilines is 2. The molecule has 0 atom stereocenters. The molecule has 2 aromatic heterocycles. The zero-order valence-corrected chi connectivity index (χ0v) is 11.7. The molecule has 6 nitrogen and oxygen atoms in total. The molecule has 98 valence electrons. The first-order valence-corrected chi connectivity index (χ1v) is 7.09. The minimum absolute atomic E-state index is 0.460. The lowest BCUT2D eigenvalue weighted by Gasteiger charge is -2.16. The number of aromatic amines is 1. The Kier molecular flexibility index (Phi) is 3.90. The minimum atomic E-state index is 0.460. The fraction of sp³-hybridized carbons (Fsp3) is 0.545. The van der Waals surface area contributed by atoms with E-state index >= 15 is 0 Å². The molecule has 0 saturated carbocycles. The molecular weight excluding hydrogens is 248 g/mol. The summed E-state index contributed by atoms with van der Waals surface area (Å²) in [6, 6.07) is 0. The van der Waals surface area contributed by atoms with Crippen molar-refractivity contribution in [2.75, 3.05) is 29.5 Å². The van der Waals surface area contributed by atoms with E-state index < -0.39 is 0 Å². The van der Waals surface area contributed by atoms with Crippen molar-refractivity contribution in [2.24, 2.45) is 0 Å². The monoisotopic (exact) mass is 266 g/mol. The second kappa shape index (κ2) is 5.43. The molecule has 7 heteroatoms. The molecule has 2 heterocycles. The Balaban J connectivity index is 2.46. The molecule has 0 amide bonds. The van der Waals surface area contributed by atoms with Crippen molar-refractivity contribution in [1.29, 1.82) is 0 Å². The largest absolute Gasteiger partial charge is 0.382 e. The van der Waals surface area contributed by atoms with Crippen LogP contribution < -0.4 is 10.6 Å². The van der Waals surface area contributed by atoms with E-state index in [1.165, 1.54) is 0 Å². The van der Waals surface area contributed by atoms with Crippen LogP contribution in [0, 0.1) is 0 Å². The molecule has 3 N–H and O–H groups in total. The standard InChI is InChI=1S/C11H18N6S/c1-4-17(5-2)10-13-7-8(12)14-11(18-6-3)16-9(7)15-10/h4-6H2,1-3H3,(H3,12,13,14,15,16). The summed E-state index contributed by atoms with van der Waals surface area (Å²) < 4.78 is 0. The SMILES string of the molecule is CCSc1nc(N)c2[nH]c(N(CC)CC)nc2n1. The quantitative estimate of drug-likeness (QED) is 0.635. The van der Waals surface area contributed by atoms with Gasteiger partial charge < -0.3 is 15.6 Å². The summed E-state index contributed by atoms with van der Waals surface area (Å²) in [7, 11) is 0. The highest BCUT2D eigenvalue weighted by molar-refractivity contribution is 7.99. The molecule has 2 aromatic rings. The zero-order chi connectivity index (χ0) is 13.1. The van der Waals surface area contributed by atoms with E-state index in [2.05, 4.69) is 45.6 Å². The Bertz CT molecular complexity index is 534. The summed E-state index contributed by atoms with van der Waals surface area (Å²) in [5.74, 6) is 2.18. The number of nitrogens with two attached hydrogens (primary N) is 1. The summed E-state index contributed by atoms with van der Waals surface area (Å²) in [4.78, 5) is 18.4. The van der Waals surface area contributed by atoms with Gasteiger partial charge in [-0.2, -0.15) is 4.98 Å². The summed E-state index contributed by atoms with van der Waals surface area (Å²) in [5.41, 5.74) is 7.29. The van der Waals surface area contributed by atoms with E-state index in [0.717, 1.165) is 30.3 Å². The van der Waals surface area contributed by atoms with E-state index in [4.69, 9.17) is 5.73 Å². The number of hydrogen-bond donors (Lipinski definition) is 2. The summed E-state index contributed by atoms with van der Waals surface area (Å²) in [6.07, 6.45) is 0. The maximum absolute atomic E-state index is 5.93. The lowest BCUT2D eigenvalue weighted by Crippen LogP contribution is -2.22. The highest BCUT2D eigenvalue weighted by atomic mass is 32.2.